The summed E-state index contributed by atoms with van der Waals surface area (Å²) >= 11 is 0. The second-order valence-corrected chi connectivity index (χ2v) is 7.86. The third kappa shape index (κ3) is 3.58. The Morgan fingerprint density at radius 3 is 2.75 bits per heavy atom. The number of hydrogen-bond donors (Lipinski definition) is 2. The van der Waals surface area contributed by atoms with Crippen molar-refractivity contribution in [2.75, 3.05) is 24.8 Å². The molecular weight excluding hydrogens is 426 g/mol. The molecule has 2 aliphatic heterocycles. The number of aromatic nitrogens is 1. The predicted molar refractivity (Wildman–Crippen MR) is 109 cm³/mol. The average molecular weight is 448 g/mol. The summed E-state index contributed by atoms with van der Waals surface area (Å²) in [5.41, 5.74) is -1.64. The lowest BCUT2D eigenvalue weighted by atomic mass is 10.1. The Balaban J connectivity index is 1.70. The lowest BCUT2D eigenvalue weighted by Gasteiger charge is -2.49. The number of aromatic hydroxyl groups is 1. The monoisotopic (exact) mass is 448 g/mol. The summed E-state index contributed by atoms with van der Waals surface area (Å²) in [5, 5.41) is 14.7. The third-order valence-electron chi connectivity index (χ3n) is 5.53. The highest BCUT2D eigenvalue weighted by molar-refractivity contribution is 5.99. The van der Waals surface area contributed by atoms with Crippen LogP contribution in [0.15, 0.2) is 29.2 Å². The van der Waals surface area contributed by atoms with Crippen LogP contribution in [-0.4, -0.2) is 58.5 Å². The largest absolute Gasteiger partial charge is 0.502 e. The van der Waals surface area contributed by atoms with Crippen LogP contribution in [0.1, 0.15) is 40.3 Å². The lowest BCUT2D eigenvalue weighted by Crippen LogP contribution is -2.67. The van der Waals surface area contributed by atoms with Gasteiger partial charge in [0.2, 0.25) is 5.43 Å². The van der Waals surface area contributed by atoms with Gasteiger partial charge in [-0.15, -0.1) is 0 Å². The maximum atomic E-state index is 13.8. The van der Waals surface area contributed by atoms with Crippen LogP contribution < -0.4 is 15.8 Å². The third-order valence-corrected chi connectivity index (χ3v) is 5.53. The Labute approximate surface area is 181 Å². The van der Waals surface area contributed by atoms with Crippen molar-refractivity contribution in [3.05, 3.63) is 63.1 Å². The highest BCUT2D eigenvalue weighted by Gasteiger charge is 2.43. The molecular formula is C21H22F2N4O5. The second-order valence-electron chi connectivity index (χ2n) is 7.86. The van der Waals surface area contributed by atoms with Crippen molar-refractivity contribution in [2.45, 2.75) is 32.6 Å². The fourth-order valence-electron chi connectivity index (χ4n) is 3.98. The molecule has 2 N–H and O–H groups in total. The van der Waals surface area contributed by atoms with E-state index < -0.39 is 46.4 Å². The standard InChI is InChI=1S/C21H22F2N4O5/c1-11(2)27-16-10-32-6-5-25(16)26-9-14(18(28)19(29)17(26)21(27)31)20(30)24-8-12-3-4-13(22)7-15(12)23/h3-4,7,9,11,16,29H,5-6,8,10H2,1-2H3,(H,24,30)/t16-/m1/s1. The molecule has 1 saturated heterocycles. The van der Waals surface area contributed by atoms with Crippen molar-refractivity contribution in [1.82, 2.24) is 14.9 Å². The molecule has 9 nitrogen and oxygen atoms in total. The first kappa shape index (κ1) is 21.8. The number of carbonyl (C=O) groups excluding carboxylic acids is 2. The van der Waals surface area contributed by atoms with Gasteiger partial charge in [-0.3, -0.25) is 24.1 Å². The zero-order valence-corrected chi connectivity index (χ0v) is 17.5. The molecule has 0 aliphatic carbocycles. The molecule has 1 atom stereocenters. The van der Waals surface area contributed by atoms with E-state index in [4.69, 9.17) is 4.74 Å². The Bertz CT molecular complexity index is 1150. The number of ether oxygens (including phenoxy) is 1. The highest BCUT2D eigenvalue weighted by atomic mass is 19.1. The molecule has 0 bridgehead atoms. The summed E-state index contributed by atoms with van der Waals surface area (Å²) in [5.74, 6) is -3.86. The average Bonchev–Trinajstić information content (AvgIpc) is 2.74. The van der Waals surface area contributed by atoms with Gasteiger partial charge in [0, 0.05) is 30.4 Å². The van der Waals surface area contributed by atoms with E-state index in [2.05, 4.69) is 5.32 Å². The van der Waals surface area contributed by atoms with Gasteiger partial charge in [-0.25, -0.2) is 8.78 Å². The number of fused-ring (bicyclic) bond motifs is 3. The van der Waals surface area contributed by atoms with E-state index in [-0.39, 0.29) is 30.5 Å². The van der Waals surface area contributed by atoms with Gasteiger partial charge < -0.3 is 20.1 Å². The Kier molecular flexibility index (Phi) is 5.59. The van der Waals surface area contributed by atoms with Gasteiger partial charge in [0.15, 0.2) is 11.4 Å². The minimum Gasteiger partial charge on any atom is -0.502 e. The Hall–Kier alpha value is -3.47. The van der Waals surface area contributed by atoms with E-state index >= 15 is 0 Å². The molecule has 0 unspecified atom stereocenters. The van der Waals surface area contributed by atoms with Crippen LogP contribution in [0.3, 0.4) is 0 Å². The lowest BCUT2D eigenvalue weighted by molar-refractivity contribution is -0.00498. The summed E-state index contributed by atoms with van der Waals surface area (Å²) in [6, 6.07) is 2.69. The van der Waals surface area contributed by atoms with Crippen LogP contribution in [0, 0.1) is 11.6 Å². The van der Waals surface area contributed by atoms with Gasteiger partial charge >= 0.3 is 0 Å². The number of hydrogen-bond acceptors (Lipinski definition) is 6. The van der Waals surface area contributed by atoms with E-state index in [1.165, 1.54) is 21.8 Å². The van der Waals surface area contributed by atoms with Crippen molar-refractivity contribution >= 4 is 11.8 Å². The molecule has 170 valence electrons. The molecule has 0 saturated carbocycles. The molecule has 2 amide bonds. The van der Waals surface area contributed by atoms with Crippen LogP contribution >= 0.6 is 0 Å². The van der Waals surface area contributed by atoms with Crippen molar-refractivity contribution < 1.29 is 28.2 Å². The molecule has 2 aromatic rings. The molecule has 4 rings (SSSR count). The van der Waals surface area contributed by atoms with E-state index in [9.17, 15) is 28.3 Å². The van der Waals surface area contributed by atoms with Crippen molar-refractivity contribution in [3.8, 4) is 5.75 Å². The molecule has 1 aromatic carbocycles. The number of halogens is 2. The molecule has 32 heavy (non-hydrogen) atoms. The number of morpholine rings is 1. The smallest absolute Gasteiger partial charge is 0.278 e. The maximum Gasteiger partial charge on any atom is 0.278 e. The van der Waals surface area contributed by atoms with Gasteiger partial charge in [-0.2, -0.15) is 0 Å². The van der Waals surface area contributed by atoms with Crippen LogP contribution in [0.5, 0.6) is 5.75 Å². The summed E-state index contributed by atoms with van der Waals surface area (Å²) in [7, 11) is 0. The number of carbonyl (C=O) groups is 2. The SMILES string of the molecule is CC(C)N1C(=O)c2c(O)c(=O)c(C(=O)NCc3ccc(F)cc3F)cn2N2CCOC[C@@H]12. The zero-order valence-electron chi connectivity index (χ0n) is 17.5. The predicted octanol–water partition coefficient (Wildman–Crippen LogP) is 0.921. The van der Waals surface area contributed by atoms with Crippen molar-refractivity contribution in [3.63, 3.8) is 0 Å². The molecule has 0 radical (unpaired) electrons. The van der Waals surface area contributed by atoms with Gasteiger partial charge in [0.05, 0.1) is 19.8 Å². The first-order chi connectivity index (χ1) is 15.2. The molecule has 11 heteroatoms. The molecule has 0 spiro atoms. The van der Waals surface area contributed by atoms with Crippen LogP contribution in [-0.2, 0) is 11.3 Å². The number of nitrogens with zero attached hydrogens (tertiary/aromatic N) is 3. The summed E-state index contributed by atoms with van der Waals surface area (Å²) in [6.45, 7) is 4.26. The summed E-state index contributed by atoms with van der Waals surface area (Å²) in [6.07, 6.45) is 0.719. The van der Waals surface area contributed by atoms with Crippen LogP contribution in [0.2, 0.25) is 0 Å². The topological polar surface area (TPSA) is 104 Å². The Morgan fingerprint density at radius 1 is 1.31 bits per heavy atom. The zero-order chi connectivity index (χ0) is 23.2. The Morgan fingerprint density at radius 2 is 2.06 bits per heavy atom. The quantitative estimate of drug-likeness (QED) is 0.721. The van der Waals surface area contributed by atoms with E-state index in [0.29, 0.717) is 19.2 Å². The first-order valence-corrected chi connectivity index (χ1v) is 10.1. The molecule has 1 fully saturated rings. The number of amides is 2. The maximum absolute atomic E-state index is 13.8. The number of rotatable bonds is 4. The van der Waals surface area contributed by atoms with Gasteiger partial charge in [0.1, 0.15) is 23.4 Å². The van der Waals surface area contributed by atoms with E-state index in [0.717, 1.165) is 6.07 Å². The van der Waals surface area contributed by atoms with Gasteiger partial charge in [-0.05, 0) is 19.9 Å². The summed E-state index contributed by atoms with van der Waals surface area (Å²) in [4.78, 5) is 40.0. The molecule has 3 heterocycles. The van der Waals surface area contributed by atoms with Crippen molar-refractivity contribution in [1.29, 1.82) is 0 Å². The highest BCUT2D eigenvalue weighted by Crippen LogP contribution is 2.27. The molecule has 2 aliphatic rings. The summed E-state index contributed by atoms with van der Waals surface area (Å²) < 4.78 is 33.7. The number of benzene rings is 1. The second kappa shape index (κ2) is 8.23. The van der Waals surface area contributed by atoms with Gasteiger partial charge in [0.25, 0.3) is 11.8 Å². The van der Waals surface area contributed by atoms with E-state index in [1.807, 2.05) is 13.8 Å². The van der Waals surface area contributed by atoms with E-state index in [1.54, 1.807) is 5.01 Å². The van der Waals surface area contributed by atoms with Crippen LogP contribution in [0.25, 0.3) is 0 Å². The normalized spacial score (nSPS) is 17.9. The van der Waals surface area contributed by atoms with Crippen LogP contribution in [0.4, 0.5) is 8.78 Å². The van der Waals surface area contributed by atoms with Crippen molar-refractivity contribution in [2.24, 2.45) is 0 Å². The minimum atomic E-state index is -1.02. The number of nitrogens with one attached hydrogen (secondary N) is 1. The van der Waals surface area contributed by atoms with Gasteiger partial charge in [-0.1, -0.05) is 6.07 Å². The first-order valence-electron chi connectivity index (χ1n) is 10.1. The molecule has 1 aromatic heterocycles. The fourth-order valence-corrected chi connectivity index (χ4v) is 3.98. The fraction of sp³-hybridized carbons (Fsp3) is 0.381. The minimum absolute atomic E-state index is 0.0260. The number of pyridine rings is 1.